The molecule has 5 heteroatoms. The van der Waals surface area contributed by atoms with Gasteiger partial charge < -0.3 is 14.7 Å². The molecular weight excluding hydrogens is 340 g/mol. The Balaban J connectivity index is 3.11. The van der Waals surface area contributed by atoms with Gasteiger partial charge in [-0.05, 0) is 36.1 Å². The fraction of sp³-hybridized carbons (Fsp3) is 0.636. The van der Waals surface area contributed by atoms with Crippen molar-refractivity contribution in [3.05, 3.63) is 29.3 Å². The van der Waals surface area contributed by atoms with Crippen molar-refractivity contribution in [1.29, 1.82) is 0 Å². The molecule has 0 radical (unpaired) electrons. The van der Waals surface area contributed by atoms with E-state index in [0.29, 0.717) is 30.7 Å². The molecule has 27 heavy (non-hydrogen) atoms. The van der Waals surface area contributed by atoms with Crippen LogP contribution in [0.4, 0.5) is 0 Å². The number of hydrogen-bond donors (Lipinski definition) is 1. The number of benzene rings is 1. The van der Waals surface area contributed by atoms with E-state index in [0.717, 1.165) is 36.5 Å². The van der Waals surface area contributed by atoms with E-state index in [1.807, 2.05) is 0 Å². The van der Waals surface area contributed by atoms with Crippen LogP contribution in [0.1, 0.15) is 77.3 Å². The molecule has 152 valence electrons. The maximum atomic E-state index is 11.1. The molecule has 0 saturated heterocycles. The van der Waals surface area contributed by atoms with Crippen LogP contribution in [0.15, 0.2) is 23.2 Å². The van der Waals surface area contributed by atoms with Crippen LogP contribution in [0.2, 0.25) is 0 Å². The normalized spacial score (nSPS) is 12.3. The highest BCUT2D eigenvalue weighted by molar-refractivity contribution is 5.83. The number of para-hydroxylation sites is 1. The first-order chi connectivity index (χ1) is 12.8. The lowest BCUT2D eigenvalue weighted by molar-refractivity contribution is -0.136. The van der Waals surface area contributed by atoms with E-state index < -0.39 is 5.97 Å². The quantitative estimate of drug-likeness (QED) is 0.440. The first kappa shape index (κ1) is 23.2. The molecule has 0 atom stereocenters. The van der Waals surface area contributed by atoms with Gasteiger partial charge in [-0.15, -0.1) is 0 Å². The second-order valence-corrected chi connectivity index (χ2v) is 7.37. The third kappa shape index (κ3) is 7.71. The van der Waals surface area contributed by atoms with Gasteiger partial charge in [0, 0.05) is 13.0 Å². The minimum atomic E-state index is -0.837. The van der Waals surface area contributed by atoms with Crippen LogP contribution in [-0.4, -0.2) is 48.1 Å². The fourth-order valence-corrected chi connectivity index (χ4v) is 2.95. The zero-order valence-corrected chi connectivity index (χ0v) is 17.8. The number of aliphatic imine (C=N–C) groups is 1. The van der Waals surface area contributed by atoms with Crippen molar-refractivity contribution >= 4 is 11.9 Å². The van der Waals surface area contributed by atoms with E-state index >= 15 is 0 Å². The van der Waals surface area contributed by atoms with Crippen LogP contribution >= 0.6 is 0 Å². The van der Waals surface area contributed by atoms with E-state index in [-0.39, 0.29) is 6.42 Å². The number of carboxylic acids is 1. The highest BCUT2D eigenvalue weighted by atomic mass is 16.5. The van der Waals surface area contributed by atoms with Gasteiger partial charge in [-0.2, -0.15) is 0 Å². The predicted molar refractivity (Wildman–Crippen MR) is 112 cm³/mol. The minimum Gasteiger partial charge on any atom is -0.481 e. The highest BCUT2D eigenvalue weighted by Crippen LogP contribution is 2.34. The molecule has 0 aliphatic rings. The van der Waals surface area contributed by atoms with Gasteiger partial charge in [-0.1, -0.05) is 59.7 Å². The smallest absolute Gasteiger partial charge is 0.303 e. The van der Waals surface area contributed by atoms with Gasteiger partial charge in [0.15, 0.2) is 5.90 Å². The van der Waals surface area contributed by atoms with Crippen molar-refractivity contribution in [3.8, 4) is 5.75 Å². The number of ether oxygens (including phenoxy) is 1. The summed E-state index contributed by atoms with van der Waals surface area (Å²) in [6.45, 7) is 16.2. The molecule has 0 heterocycles. The Morgan fingerprint density at radius 2 is 1.63 bits per heavy atom. The summed E-state index contributed by atoms with van der Waals surface area (Å²) in [5.74, 6) is 1.15. The lowest BCUT2D eigenvalue weighted by atomic mass is 9.94. The van der Waals surface area contributed by atoms with Crippen molar-refractivity contribution in [2.24, 2.45) is 4.99 Å². The van der Waals surface area contributed by atoms with Crippen molar-refractivity contribution in [2.75, 3.05) is 26.2 Å². The molecule has 0 amide bonds. The Bertz CT molecular complexity index is 594. The summed E-state index contributed by atoms with van der Waals surface area (Å²) in [7, 11) is 0. The molecule has 0 spiro atoms. The van der Waals surface area contributed by atoms with Crippen molar-refractivity contribution in [3.63, 3.8) is 0 Å². The standard InChI is InChI=1S/C22H36N2O3/c1-7-24(8-2)15-14-23-20(12-13-21(25)26)27-22-18(16(3)4)10-9-11-19(22)17(5)6/h9-11,16-17H,7-8,12-15H2,1-6H3,(H,25,26). The minimum absolute atomic E-state index is 0.0188. The van der Waals surface area contributed by atoms with Gasteiger partial charge in [0.2, 0.25) is 0 Å². The van der Waals surface area contributed by atoms with Gasteiger partial charge in [-0.3, -0.25) is 9.79 Å². The predicted octanol–water partition coefficient (Wildman–Crippen LogP) is 4.92. The Morgan fingerprint density at radius 1 is 1.07 bits per heavy atom. The van der Waals surface area contributed by atoms with E-state index in [4.69, 9.17) is 9.84 Å². The second-order valence-electron chi connectivity index (χ2n) is 7.37. The third-order valence-corrected chi connectivity index (χ3v) is 4.69. The van der Waals surface area contributed by atoms with Crippen LogP contribution in [0.5, 0.6) is 5.75 Å². The molecule has 1 aromatic carbocycles. The summed E-state index contributed by atoms with van der Waals surface area (Å²) in [5, 5.41) is 9.09. The molecule has 0 fully saturated rings. The van der Waals surface area contributed by atoms with Crippen LogP contribution in [-0.2, 0) is 4.79 Å². The first-order valence-electron chi connectivity index (χ1n) is 10.1. The molecule has 1 N–H and O–H groups in total. The Labute approximate surface area is 164 Å². The molecule has 0 saturated carbocycles. The average molecular weight is 377 g/mol. The first-order valence-corrected chi connectivity index (χ1v) is 10.1. The zero-order chi connectivity index (χ0) is 20.4. The monoisotopic (exact) mass is 376 g/mol. The topological polar surface area (TPSA) is 62.1 Å². The van der Waals surface area contributed by atoms with Crippen molar-refractivity contribution in [1.82, 2.24) is 4.90 Å². The number of hydrogen-bond acceptors (Lipinski definition) is 4. The fourth-order valence-electron chi connectivity index (χ4n) is 2.95. The number of nitrogens with zero attached hydrogens (tertiary/aromatic N) is 2. The molecule has 1 aromatic rings. The summed E-state index contributed by atoms with van der Waals surface area (Å²) in [5.41, 5.74) is 2.26. The summed E-state index contributed by atoms with van der Waals surface area (Å²) < 4.78 is 6.27. The van der Waals surface area contributed by atoms with Gasteiger partial charge >= 0.3 is 5.97 Å². The van der Waals surface area contributed by atoms with E-state index in [2.05, 4.69) is 69.6 Å². The van der Waals surface area contributed by atoms with Crippen LogP contribution < -0.4 is 4.74 Å². The van der Waals surface area contributed by atoms with E-state index in [1.54, 1.807) is 0 Å². The molecule has 5 nitrogen and oxygen atoms in total. The lowest BCUT2D eigenvalue weighted by Gasteiger charge is -2.21. The zero-order valence-electron chi connectivity index (χ0n) is 17.8. The third-order valence-electron chi connectivity index (χ3n) is 4.69. The highest BCUT2D eigenvalue weighted by Gasteiger charge is 2.18. The van der Waals surface area contributed by atoms with E-state index in [1.165, 1.54) is 0 Å². The number of carbonyl (C=O) groups is 1. The average Bonchev–Trinajstić information content (AvgIpc) is 2.62. The Morgan fingerprint density at radius 3 is 2.07 bits per heavy atom. The van der Waals surface area contributed by atoms with Gasteiger partial charge in [0.1, 0.15) is 5.75 Å². The van der Waals surface area contributed by atoms with Crippen LogP contribution in [0.3, 0.4) is 0 Å². The van der Waals surface area contributed by atoms with Crippen LogP contribution in [0, 0.1) is 0 Å². The molecule has 0 bridgehead atoms. The molecule has 0 aromatic heterocycles. The summed E-state index contributed by atoms with van der Waals surface area (Å²) >= 11 is 0. The summed E-state index contributed by atoms with van der Waals surface area (Å²) in [6, 6.07) is 6.22. The largest absolute Gasteiger partial charge is 0.481 e. The lowest BCUT2D eigenvalue weighted by Crippen LogP contribution is -2.26. The maximum Gasteiger partial charge on any atom is 0.303 e. The summed E-state index contributed by atoms with van der Waals surface area (Å²) in [6.07, 6.45) is 0.322. The molecule has 0 unspecified atom stereocenters. The Hall–Kier alpha value is -1.88. The molecule has 0 aliphatic carbocycles. The second kappa shape index (κ2) is 11.8. The van der Waals surface area contributed by atoms with Gasteiger partial charge in [0.05, 0.1) is 13.0 Å². The molecule has 1 rings (SSSR count). The number of likely N-dealkylation sites (N-methyl/N-ethyl adjacent to an activating group) is 1. The number of aliphatic carboxylic acids is 1. The van der Waals surface area contributed by atoms with Gasteiger partial charge in [0.25, 0.3) is 0 Å². The number of rotatable bonds is 11. The number of carboxylic acid groups (broad SMARTS) is 1. The Kier molecular flexibility index (Phi) is 10.1. The molecular formula is C22H36N2O3. The summed E-state index contributed by atoms with van der Waals surface area (Å²) in [4.78, 5) is 18.0. The van der Waals surface area contributed by atoms with Crippen molar-refractivity contribution < 1.29 is 14.6 Å². The SMILES string of the molecule is CCN(CC)CCN=C(CCC(=O)O)Oc1c(C(C)C)cccc1C(C)C. The van der Waals surface area contributed by atoms with Crippen LogP contribution in [0.25, 0.3) is 0 Å². The van der Waals surface area contributed by atoms with Gasteiger partial charge in [-0.25, -0.2) is 0 Å². The van der Waals surface area contributed by atoms with Crippen molar-refractivity contribution in [2.45, 2.75) is 66.2 Å². The van der Waals surface area contributed by atoms with E-state index in [9.17, 15) is 4.79 Å². The molecule has 0 aliphatic heterocycles. The maximum absolute atomic E-state index is 11.1.